The van der Waals surface area contributed by atoms with Gasteiger partial charge in [0, 0.05) is 31.4 Å². The smallest absolute Gasteiger partial charge is 0.255 e. The van der Waals surface area contributed by atoms with Crippen LogP contribution < -0.4 is 0 Å². The summed E-state index contributed by atoms with van der Waals surface area (Å²) in [6.07, 6.45) is 5.19. The Balaban J connectivity index is 1.47. The molecule has 5 nitrogen and oxygen atoms in total. The molecule has 0 bridgehead atoms. The number of carbonyl (C=O) groups is 1. The molecule has 0 saturated carbocycles. The summed E-state index contributed by atoms with van der Waals surface area (Å²) in [4.78, 5) is 26.7. The number of likely N-dealkylation sites (tertiary alicyclic amines) is 1. The van der Waals surface area contributed by atoms with Crippen molar-refractivity contribution in [2.24, 2.45) is 0 Å². The minimum Gasteiger partial charge on any atom is -0.342 e. The van der Waals surface area contributed by atoms with Crippen LogP contribution in [0.4, 0.5) is 0 Å². The largest absolute Gasteiger partial charge is 0.342 e. The molecule has 0 aliphatic carbocycles. The van der Waals surface area contributed by atoms with Crippen molar-refractivity contribution in [1.29, 1.82) is 0 Å². The van der Waals surface area contributed by atoms with Gasteiger partial charge in [-0.15, -0.1) is 0 Å². The van der Waals surface area contributed by atoms with Gasteiger partial charge in [0.2, 0.25) is 0 Å². The zero-order valence-electron chi connectivity index (χ0n) is 13.7. The van der Waals surface area contributed by atoms with Crippen LogP contribution in [0.15, 0.2) is 42.7 Å². The molecule has 1 fully saturated rings. The number of piperidine rings is 1. The van der Waals surface area contributed by atoms with E-state index in [-0.39, 0.29) is 5.91 Å². The SMILES string of the molecule is Cc1cccc2[nH]c(C3CCN(C(=O)c4cccnc4)CC3)nc12. The highest BCUT2D eigenvalue weighted by Crippen LogP contribution is 2.29. The number of fused-ring (bicyclic) bond motifs is 1. The summed E-state index contributed by atoms with van der Waals surface area (Å²) in [7, 11) is 0. The molecule has 0 spiro atoms. The fourth-order valence-corrected chi connectivity index (χ4v) is 3.42. The van der Waals surface area contributed by atoms with E-state index in [2.05, 4.69) is 35.1 Å². The molecular formula is C19H20N4O. The van der Waals surface area contributed by atoms with Crippen LogP contribution in [-0.2, 0) is 0 Å². The second kappa shape index (κ2) is 6.07. The van der Waals surface area contributed by atoms with Crippen molar-refractivity contribution in [3.63, 3.8) is 0 Å². The Kier molecular flexibility index (Phi) is 3.76. The number of nitrogens with zero attached hydrogens (tertiary/aromatic N) is 3. The normalized spacial score (nSPS) is 15.8. The fraction of sp³-hybridized carbons (Fsp3) is 0.316. The first kappa shape index (κ1) is 14.9. The number of benzene rings is 1. The number of aromatic nitrogens is 3. The summed E-state index contributed by atoms with van der Waals surface area (Å²) >= 11 is 0. The lowest BCUT2D eigenvalue weighted by molar-refractivity contribution is 0.0711. The highest BCUT2D eigenvalue weighted by Gasteiger charge is 2.26. The van der Waals surface area contributed by atoms with Gasteiger partial charge >= 0.3 is 0 Å². The Morgan fingerprint density at radius 2 is 2.04 bits per heavy atom. The standard InChI is InChI=1S/C19H20N4O/c1-13-4-2-6-16-17(13)22-18(21-16)14-7-10-23(11-8-14)19(24)15-5-3-9-20-12-15/h2-6,9,12,14H,7-8,10-11H2,1H3,(H,21,22). The van der Waals surface area contributed by atoms with Crippen LogP contribution in [0.5, 0.6) is 0 Å². The number of para-hydroxylation sites is 1. The predicted octanol–water partition coefficient (Wildman–Crippen LogP) is 3.29. The second-order valence-electron chi connectivity index (χ2n) is 6.40. The third-order valence-electron chi connectivity index (χ3n) is 4.81. The number of hydrogen-bond acceptors (Lipinski definition) is 3. The summed E-state index contributed by atoms with van der Waals surface area (Å²) in [6, 6.07) is 9.83. The topological polar surface area (TPSA) is 61.9 Å². The van der Waals surface area contributed by atoms with Gasteiger partial charge in [0.25, 0.3) is 5.91 Å². The van der Waals surface area contributed by atoms with E-state index in [4.69, 9.17) is 4.98 Å². The summed E-state index contributed by atoms with van der Waals surface area (Å²) in [5.74, 6) is 1.50. The number of hydrogen-bond donors (Lipinski definition) is 1. The average Bonchev–Trinajstić information content (AvgIpc) is 3.08. The van der Waals surface area contributed by atoms with E-state index in [1.54, 1.807) is 18.5 Å². The summed E-state index contributed by atoms with van der Waals surface area (Å²) in [5, 5.41) is 0. The third kappa shape index (κ3) is 2.66. The highest BCUT2D eigenvalue weighted by molar-refractivity contribution is 5.93. The van der Waals surface area contributed by atoms with Crippen LogP contribution in [0, 0.1) is 6.92 Å². The van der Waals surface area contributed by atoms with Crippen molar-refractivity contribution < 1.29 is 4.79 Å². The van der Waals surface area contributed by atoms with E-state index in [9.17, 15) is 4.79 Å². The van der Waals surface area contributed by atoms with Crippen molar-refractivity contribution >= 4 is 16.9 Å². The maximum atomic E-state index is 12.5. The Morgan fingerprint density at radius 3 is 2.75 bits per heavy atom. The number of pyridine rings is 1. The van der Waals surface area contributed by atoms with E-state index >= 15 is 0 Å². The van der Waals surface area contributed by atoms with Gasteiger partial charge in [0.05, 0.1) is 16.6 Å². The fourth-order valence-electron chi connectivity index (χ4n) is 3.42. The average molecular weight is 320 g/mol. The summed E-state index contributed by atoms with van der Waals surface area (Å²) in [5.41, 5.74) is 4.01. The van der Waals surface area contributed by atoms with Crippen molar-refractivity contribution in [2.75, 3.05) is 13.1 Å². The van der Waals surface area contributed by atoms with E-state index in [0.717, 1.165) is 42.8 Å². The predicted molar refractivity (Wildman–Crippen MR) is 92.9 cm³/mol. The van der Waals surface area contributed by atoms with Crippen LogP contribution in [0.3, 0.4) is 0 Å². The molecule has 1 amide bonds. The van der Waals surface area contributed by atoms with Crippen molar-refractivity contribution in [2.45, 2.75) is 25.7 Å². The van der Waals surface area contributed by atoms with E-state index in [1.807, 2.05) is 11.0 Å². The lowest BCUT2D eigenvalue weighted by atomic mass is 9.96. The number of aryl methyl sites for hydroxylation is 1. The van der Waals surface area contributed by atoms with Gasteiger partial charge < -0.3 is 9.88 Å². The number of nitrogens with one attached hydrogen (secondary N) is 1. The lowest BCUT2D eigenvalue weighted by Gasteiger charge is -2.31. The number of imidazole rings is 1. The molecule has 5 heteroatoms. The third-order valence-corrected chi connectivity index (χ3v) is 4.81. The number of H-pyrrole nitrogens is 1. The molecule has 1 saturated heterocycles. The molecule has 122 valence electrons. The molecule has 1 aliphatic rings. The van der Waals surface area contributed by atoms with Crippen LogP contribution >= 0.6 is 0 Å². The first-order valence-corrected chi connectivity index (χ1v) is 8.37. The molecule has 0 radical (unpaired) electrons. The molecule has 3 heterocycles. The van der Waals surface area contributed by atoms with E-state index in [1.165, 1.54) is 5.56 Å². The van der Waals surface area contributed by atoms with Gasteiger partial charge in [0.15, 0.2) is 0 Å². The monoisotopic (exact) mass is 320 g/mol. The maximum Gasteiger partial charge on any atom is 0.255 e. The number of rotatable bonds is 2. The molecule has 1 N–H and O–H groups in total. The van der Waals surface area contributed by atoms with Crippen LogP contribution in [0.2, 0.25) is 0 Å². The summed E-state index contributed by atoms with van der Waals surface area (Å²) in [6.45, 7) is 3.60. The minimum absolute atomic E-state index is 0.0713. The van der Waals surface area contributed by atoms with Gasteiger partial charge in [-0.1, -0.05) is 12.1 Å². The molecule has 0 atom stereocenters. The van der Waals surface area contributed by atoms with Crippen LogP contribution in [0.1, 0.15) is 40.5 Å². The van der Waals surface area contributed by atoms with E-state index < -0.39 is 0 Å². The number of aromatic amines is 1. The summed E-state index contributed by atoms with van der Waals surface area (Å²) < 4.78 is 0. The van der Waals surface area contributed by atoms with Crippen molar-refractivity contribution in [1.82, 2.24) is 19.9 Å². The zero-order chi connectivity index (χ0) is 16.5. The minimum atomic E-state index is 0.0713. The Morgan fingerprint density at radius 1 is 1.21 bits per heavy atom. The van der Waals surface area contributed by atoms with Gasteiger partial charge in [0.1, 0.15) is 5.82 Å². The number of carbonyl (C=O) groups excluding carboxylic acids is 1. The van der Waals surface area contributed by atoms with Gasteiger partial charge in [-0.25, -0.2) is 4.98 Å². The zero-order valence-corrected chi connectivity index (χ0v) is 13.7. The Bertz CT molecular complexity index is 863. The van der Waals surface area contributed by atoms with Gasteiger partial charge in [-0.05, 0) is 43.5 Å². The molecular weight excluding hydrogens is 300 g/mol. The number of amides is 1. The molecule has 0 unspecified atom stereocenters. The Hall–Kier alpha value is -2.69. The van der Waals surface area contributed by atoms with Crippen molar-refractivity contribution in [3.05, 3.63) is 59.7 Å². The highest BCUT2D eigenvalue weighted by atomic mass is 16.2. The molecule has 4 rings (SSSR count). The van der Waals surface area contributed by atoms with Crippen molar-refractivity contribution in [3.8, 4) is 0 Å². The molecule has 3 aromatic rings. The van der Waals surface area contributed by atoms with Crippen LogP contribution in [0.25, 0.3) is 11.0 Å². The first-order chi connectivity index (χ1) is 11.7. The van der Waals surface area contributed by atoms with Gasteiger partial charge in [-0.3, -0.25) is 9.78 Å². The second-order valence-corrected chi connectivity index (χ2v) is 6.40. The molecule has 1 aliphatic heterocycles. The molecule has 2 aromatic heterocycles. The molecule has 1 aromatic carbocycles. The molecule has 24 heavy (non-hydrogen) atoms. The quantitative estimate of drug-likeness (QED) is 0.788. The van der Waals surface area contributed by atoms with E-state index in [0.29, 0.717) is 11.5 Å². The first-order valence-electron chi connectivity index (χ1n) is 8.37. The maximum absolute atomic E-state index is 12.5. The van der Waals surface area contributed by atoms with Gasteiger partial charge in [-0.2, -0.15) is 0 Å². The lowest BCUT2D eigenvalue weighted by Crippen LogP contribution is -2.38. The Labute approximate surface area is 140 Å². The van der Waals surface area contributed by atoms with Crippen LogP contribution in [-0.4, -0.2) is 38.8 Å².